The van der Waals surface area contributed by atoms with Crippen molar-refractivity contribution >= 4 is 11.5 Å². The minimum absolute atomic E-state index is 0.113. The quantitative estimate of drug-likeness (QED) is 0.527. The van der Waals surface area contributed by atoms with Gasteiger partial charge >= 0.3 is 0 Å². The first-order valence-electron chi connectivity index (χ1n) is 3.20. The second-order valence-electron chi connectivity index (χ2n) is 2.08. The molecular formula is C8H9NO. The largest absolute Gasteiger partial charge is 0.292 e. The molecule has 1 heterocycles. The highest BCUT2D eigenvalue weighted by Gasteiger charge is 2.09. The lowest BCUT2D eigenvalue weighted by molar-refractivity contribution is -0.112. The maximum atomic E-state index is 11.0. The van der Waals surface area contributed by atoms with Crippen LogP contribution in [0.15, 0.2) is 29.9 Å². The summed E-state index contributed by atoms with van der Waals surface area (Å²) in [5.41, 5.74) is 0.623. The van der Waals surface area contributed by atoms with Crippen molar-refractivity contribution in [3.63, 3.8) is 0 Å². The second-order valence-corrected chi connectivity index (χ2v) is 2.08. The monoisotopic (exact) mass is 135 g/mol. The number of aliphatic imine (C=N–C) groups is 1. The SMILES string of the molecule is C=CCC1=NC=CCC1=O. The highest BCUT2D eigenvalue weighted by atomic mass is 16.1. The molecule has 1 aliphatic heterocycles. The Morgan fingerprint density at radius 1 is 1.80 bits per heavy atom. The zero-order chi connectivity index (χ0) is 7.40. The van der Waals surface area contributed by atoms with Gasteiger partial charge < -0.3 is 0 Å². The molecule has 10 heavy (non-hydrogen) atoms. The van der Waals surface area contributed by atoms with Crippen LogP contribution in [0.4, 0.5) is 0 Å². The number of Topliss-reactive ketones (excluding diaryl/α,β-unsaturated/α-hetero) is 1. The van der Waals surface area contributed by atoms with Crippen molar-refractivity contribution in [2.75, 3.05) is 0 Å². The zero-order valence-corrected chi connectivity index (χ0v) is 5.71. The molecule has 1 rings (SSSR count). The summed E-state index contributed by atoms with van der Waals surface area (Å²) in [4.78, 5) is 14.9. The van der Waals surface area contributed by atoms with Gasteiger partial charge in [-0.15, -0.1) is 6.58 Å². The maximum Gasteiger partial charge on any atom is 0.181 e. The normalized spacial score (nSPS) is 16.8. The van der Waals surface area contributed by atoms with Crippen LogP contribution >= 0.6 is 0 Å². The molecule has 0 bridgehead atoms. The van der Waals surface area contributed by atoms with Crippen molar-refractivity contribution in [1.82, 2.24) is 0 Å². The lowest BCUT2D eigenvalue weighted by Gasteiger charge is -2.01. The van der Waals surface area contributed by atoms with Crippen molar-refractivity contribution in [2.45, 2.75) is 12.8 Å². The molecule has 52 valence electrons. The lowest BCUT2D eigenvalue weighted by atomic mass is 10.1. The van der Waals surface area contributed by atoms with E-state index in [-0.39, 0.29) is 5.78 Å². The fraction of sp³-hybridized carbons (Fsp3) is 0.250. The Kier molecular flexibility index (Phi) is 2.15. The van der Waals surface area contributed by atoms with Gasteiger partial charge in [-0.05, 0) is 0 Å². The van der Waals surface area contributed by atoms with Gasteiger partial charge in [-0.1, -0.05) is 12.2 Å². The molecule has 0 saturated carbocycles. The smallest absolute Gasteiger partial charge is 0.181 e. The number of rotatable bonds is 2. The number of hydrogen-bond donors (Lipinski definition) is 0. The first-order valence-corrected chi connectivity index (χ1v) is 3.20. The van der Waals surface area contributed by atoms with Crippen LogP contribution in [0.2, 0.25) is 0 Å². The molecule has 0 aromatic rings. The van der Waals surface area contributed by atoms with E-state index < -0.39 is 0 Å². The zero-order valence-electron chi connectivity index (χ0n) is 5.71. The Bertz CT molecular complexity index is 213. The molecule has 0 N–H and O–H groups in total. The third kappa shape index (κ3) is 1.41. The van der Waals surface area contributed by atoms with Crippen LogP contribution in [0.25, 0.3) is 0 Å². The van der Waals surface area contributed by atoms with Gasteiger partial charge in [0.05, 0.1) is 5.71 Å². The molecule has 0 unspecified atom stereocenters. The van der Waals surface area contributed by atoms with Crippen LogP contribution in [0.1, 0.15) is 12.8 Å². The summed E-state index contributed by atoms with van der Waals surface area (Å²) < 4.78 is 0. The van der Waals surface area contributed by atoms with E-state index in [0.717, 1.165) is 0 Å². The minimum atomic E-state index is 0.113. The second kappa shape index (κ2) is 3.11. The molecule has 0 amide bonds. The third-order valence-corrected chi connectivity index (χ3v) is 1.30. The third-order valence-electron chi connectivity index (χ3n) is 1.30. The average molecular weight is 135 g/mol. The first kappa shape index (κ1) is 6.93. The van der Waals surface area contributed by atoms with E-state index in [9.17, 15) is 4.79 Å². The number of ketones is 1. The molecular weight excluding hydrogens is 126 g/mol. The lowest BCUT2D eigenvalue weighted by Crippen LogP contribution is -2.13. The molecule has 0 atom stereocenters. The summed E-state index contributed by atoms with van der Waals surface area (Å²) in [6, 6.07) is 0. The number of allylic oxidation sites excluding steroid dienone is 2. The van der Waals surface area contributed by atoms with Gasteiger partial charge in [0.1, 0.15) is 0 Å². The van der Waals surface area contributed by atoms with Crippen LogP contribution in [-0.4, -0.2) is 11.5 Å². The van der Waals surface area contributed by atoms with E-state index in [1.54, 1.807) is 18.4 Å². The molecule has 0 radical (unpaired) electrons. The standard InChI is InChI=1S/C8H9NO/c1-2-4-7-8(10)5-3-6-9-7/h2-3,6H,1,4-5H2. The Morgan fingerprint density at radius 2 is 2.60 bits per heavy atom. The Morgan fingerprint density at radius 3 is 3.20 bits per heavy atom. The Hall–Kier alpha value is -1.18. The van der Waals surface area contributed by atoms with Gasteiger partial charge in [-0.3, -0.25) is 9.79 Å². The number of nitrogens with zero attached hydrogens (tertiary/aromatic N) is 1. The summed E-state index contributed by atoms with van der Waals surface area (Å²) >= 11 is 0. The summed E-state index contributed by atoms with van der Waals surface area (Å²) in [6.07, 6.45) is 6.20. The van der Waals surface area contributed by atoms with Crippen LogP contribution in [-0.2, 0) is 4.79 Å². The summed E-state index contributed by atoms with van der Waals surface area (Å²) in [7, 11) is 0. The van der Waals surface area contributed by atoms with E-state index >= 15 is 0 Å². The van der Waals surface area contributed by atoms with Gasteiger partial charge in [0.15, 0.2) is 5.78 Å². The van der Waals surface area contributed by atoms with Crippen LogP contribution < -0.4 is 0 Å². The minimum Gasteiger partial charge on any atom is -0.292 e. The van der Waals surface area contributed by atoms with Gasteiger partial charge in [0.2, 0.25) is 0 Å². The molecule has 0 aromatic heterocycles. The van der Waals surface area contributed by atoms with Crippen molar-refractivity contribution in [3.8, 4) is 0 Å². The number of carbonyl (C=O) groups is 1. The van der Waals surface area contributed by atoms with E-state index in [4.69, 9.17) is 0 Å². The maximum absolute atomic E-state index is 11.0. The van der Waals surface area contributed by atoms with E-state index in [1.165, 1.54) is 0 Å². The summed E-state index contributed by atoms with van der Waals surface area (Å²) in [5.74, 6) is 0.113. The van der Waals surface area contributed by atoms with Gasteiger partial charge in [-0.2, -0.15) is 0 Å². The Balaban J connectivity index is 2.70. The molecule has 1 aliphatic rings. The van der Waals surface area contributed by atoms with Crippen LogP contribution in [0, 0.1) is 0 Å². The van der Waals surface area contributed by atoms with Crippen molar-refractivity contribution in [1.29, 1.82) is 0 Å². The van der Waals surface area contributed by atoms with Crippen molar-refractivity contribution in [3.05, 3.63) is 24.9 Å². The van der Waals surface area contributed by atoms with Crippen molar-refractivity contribution < 1.29 is 4.79 Å². The van der Waals surface area contributed by atoms with E-state index in [2.05, 4.69) is 11.6 Å². The van der Waals surface area contributed by atoms with Crippen LogP contribution in [0.5, 0.6) is 0 Å². The first-order chi connectivity index (χ1) is 4.84. The van der Waals surface area contributed by atoms with Crippen LogP contribution in [0.3, 0.4) is 0 Å². The summed E-state index contributed by atoms with van der Waals surface area (Å²) in [6.45, 7) is 3.53. The Labute approximate surface area is 60.0 Å². The number of carbonyl (C=O) groups excluding carboxylic acids is 1. The molecule has 0 saturated heterocycles. The summed E-state index contributed by atoms with van der Waals surface area (Å²) in [5, 5.41) is 0. The highest BCUT2D eigenvalue weighted by Crippen LogP contribution is 2.01. The predicted octanol–water partition coefficient (Wildman–Crippen LogP) is 1.49. The highest BCUT2D eigenvalue weighted by molar-refractivity contribution is 6.41. The van der Waals surface area contributed by atoms with Crippen molar-refractivity contribution in [2.24, 2.45) is 4.99 Å². The molecule has 2 nitrogen and oxygen atoms in total. The molecule has 0 aromatic carbocycles. The fourth-order valence-corrected chi connectivity index (χ4v) is 0.795. The molecule has 2 heteroatoms. The fourth-order valence-electron chi connectivity index (χ4n) is 0.795. The van der Waals surface area contributed by atoms with Gasteiger partial charge in [0, 0.05) is 19.0 Å². The van der Waals surface area contributed by atoms with Gasteiger partial charge in [0.25, 0.3) is 0 Å². The molecule has 0 fully saturated rings. The van der Waals surface area contributed by atoms with E-state index in [1.807, 2.05) is 0 Å². The number of hydrogen-bond acceptors (Lipinski definition) is 2. The van der Waals surface area contributed by atoms with E-state index in [0.29, 0.717) is 18.6 Å². The topological polar surface area (TPSA) is 29.4 Å². The predicted molar refractivity (Wildman–Crippen MR) is 41.0 cm³/mol. The van der Waals surface area contributed by atoms with Gasteiger partial charge in [-0.25, -0.2) is 0 Å². The average Bonchev–Trinajstić information content (AvgIpc) is 1.94. The molecule has 0 aliphatic carbocycles. The molecule has 0 spiro atoms.